The molecule has 4 fully saturated rings. The van der Waals surface area contributed by atoms with E-state index in [0.29, 0.717) is 92.3 Å². The van der Waals surface area contributed by atoms with E-state index in [9.17, 15) is 35.1 Å². The van der Waals surface area contributed by atoms with E-state index in [1.807, 2.05) is 18.2 Å². The first-order valence-electron chi connectivity index (χ1n) is 25.9. The number of aryl methyl sites for hydroxylation is 1. The molecule has 2 aliphatic heterocycles. The standard InChI is InChI=1S/C57H74N4O8/c1-3-59-31-40-23-46-42-12-11-41(63)28-48(42)61-32-47(46)43(17-21-62)56(40)39-15-19-57(54(68)26-39)18-14-37(45-30-51(66)52(69-2)25-36(45)10-13-53(57)67)24-49(64)50(65)29-44(38-16-20-60-55(58)27-38)35-9-8-33-6-4-5-7-34(33)22-35/h4-9,16,22,25,27,30,37,39-40,42-44,46-50,54,56,59-62,64-66,68H,3,10-13,15,17,19-21,23-24,26,28-29,31-32,58H2,1-2H3/t37-,39+,40+,42-,43+,44+,46-,47+,48+,49+,50-,54-,56+,57-/m1/s1. The fourth-order valence-electron chi connectivity index (χ4n) is 14.2. The summed E-state index contributed by atoms with van der Waals surface area (Å²) in [4.78, 5) is 27.3. The number of piperidine rings is 1. The van der Waals surface area contributed by atoms with Gasteiger partial charge in [0.25, 0.3) is 0 Å². The minimum absolute atomic E-state index is 0.0164. The molecule has 4 aliphatic carbocycles. The number of ketones is 2. The first-order valence-corrected chi connectivity index (χ1v) is 25.9. The molecular weight excluding hydrogens is 869 g/mol. The maximum Gasteiger partial charge on any atom is 0.160 e. The third kappa shape index (κ3) is 10.1. The summed E-state index contributed by atoms with van der Waals surface area (Å²) in [5, 5.41) is 71.2. The van der Waals surface area contributed by atoms with Gasteiger partial charge in [-0.3, -0.25) is 9.59 Å². The van der Waals surface area contributed by atoms with Crippen LogP contribution in [-0.2, 0) is 16.0 Å². The summed E-state index contributed by atoms with van der Waals surface area (Å²) in [5.74, 6) is 8.93. The fraction of sp³-hybridized carbons (Fsp3) is 0.579. The largest absolute Gasteiger partial charge is 0.504 e. The van der Waals surface area contributed by atoms with Gasteiger partial charge in [0.1, 0.15) is 11.2 Å². The second kappa shape index (κ2) is 21.3. The number of carbonyl (C=O) groups is 2. The van der Waals surface area contributed by atoms with Crippen molar-refractivity contribution in [1.82, 2.24) is 16.0 Å². The molecule has 3 saturated carbocycles. The van der Waals surface area contributed by atoms with Gasteiger partial charge in [0.2, 0.25) is 0 Å². The molecule has 10 N–H and O–H groups in total. The number of phenols is 1. The highest BCUT2D eigenvalue weighted by Crippen LogP contribution is 2.56. The molecule has 0 unspecified atom stereocenters. The third-order valence-electron chi connectivity index (χ3n) is 17.6. The molecule has 12 nitrogen and oxygen atoms in total. The molecule has 9 rings (SSSR count). The predicted molar refractivity (Wildman–Crippen MR) is 267 cm³/mol. The number of allylic oxidation sites excluding steroid dienone is 2. The molecule has 12 heteroatoms. The Morgan fingerprint density at radius 1 is 0.986 bits per heavy atom. The van der Waals surface area contributed by atoms with Gasteiger partial charge in [0.15, 0.2) is 17.3 Å². The summed E-state index contributed by atoms with van der Waals surface area (Å²) in [7, 11) is 1.48. The molecule has 0 bridgehead atoms. The van der Waals surface area contributed by atoms with Gasteiger partial charge in [-0.2, -0.15) is 0 Å². The van der Waals surface area contributed by atoms with Crippen LogP contribution in [0.25, 0.3) is 10.8 Å². The normalized spacial score (nSPS) is 32.6. The van der Waals surface area contributed by atoms with Gasteiger partial charge in [-0.1, -0.05) is 67.3 Å². The van der Waals surface area contributed by atoms with Gasteiger partial charge in [0.05, 0.1) is 31.2 Å². The molecule has 370 valence electrons. The quantitative estimate of drug-likeness (QED) is 0.0889. The highest BCUT2D eigenvalue weighted by Gasteiger charge is 2.56. The van der Waals surface area contributed by atoms with Gasteiger partial charge in [-0.05, 0) is 170 Å². The van der Waals surface area contributed by atoms with Crippen molar-refractivity contribution in [2.24, 2.45) is 52.6 Å². The molecule has 0 amide bonds. The van der Waals surface area contributed by atoms with Crippen molar-refractivity contribution < 1.29 is 39.9 Å². The van der Waals surface area contributed by atoms with Gasteiger partial charge in [0, 0.05) is 50.3 Å². The summed E-state index contributed by atoms with van der Waals surface area (Å²) < 4.78 is 5.53. The molecule has 0 aromatic heterocycles. The average molecular weight is 943 g/mol. The number of dihydropyridines is 1. The zero-order valence-electron chi connectivity index (χ0n) is 40.4. The number of aromatic hydroxyl groups is 1. The van der Waals surface area contributed by atoms with E-state index in [2.05, 4.69) is 71.1 Å². The second-order valence-electron chi connectivity index (χ2n) is 21.3. The van der Waals surface area contributed by atoms with Crippen LogP contribution in [0.1, 0.15) is 106 Å². The van der Waals surface area contributed by atoms with E-state index < -0.39 is 29.6 Å². The Morgan fingerprint density at radius 3 is 2.58 bits per heavy atom. The number of Topliss-reactive ketones (excluding diaryl/α,β-unsaturated/α-hetero) is 2. The smallest absolute Gasteiger partial charge is 0.160 e. The SMILES string of the molecule is CCNC[C@@H]1C[C@H]2[C@@H](CN[C@H]3CC(=O)CC[C@H]23)[C@H](CCO)[C@H]1[C@H]1CC[C@@]2(C#C[C@H](C[C@H](O)[C@H](O)C[C@H](C3=CCNC(N)=C3)c3ccc4ccccc4c3)c3cc(O)c(OC)cc3CCC2=O)[C@H](O)C1. The number of fused-ring (bicyclic) bond motifs is 5. The average Bonchev–Trinajstić information content (AvgIpc) is 3.40. The van der Waals surface area contributed by atoms with Crippen LogP contribution < -0.4 is 26.4 Å². The number of carbonyl (C=O) groups excluding carboxylic acids is 2. The number of rotatable bonds is 14. The molecule has 69 heavy (non-hydrogen) atoms. The molecule has 6 aliphatic rings. The number of ether oxygens (including phenoxy) is 1. The van der Waals surface area contributed by atoms with Crippen molar-refractivity contribution in [3.63, 3.8) is 0 Å². The maximum atomic E-state index is 14.8. The van der Waals surface area contributed by atoms with Crippen LogP contribution in [0.15, 0.2) is 78.1 Å². The number of hydrogen-bond acceptors (Lipinski definition) is 12. The molecular formula is C57H74N4O8. The van der Waals surface area contributed by atoms with Crippen LogP contribution in [0.5, 0.6) is 11.5 Å². The van der Waals surface area contributed by atoms with Gasteiger partial charge in [-0.15, -0.1) is 0 Å². The Bertz CT molecular complexity index is 2480. The van der Waals surface area contributed by atoms with Gasteiger partial charge in [-0.25, -0.2) is 0 Å². The molecule has 3 aromatic carbocycles. The van der Waals surface area contributed by atoms with Crippen molar-refractivity contribution in [2.45, 2.75) is 120 Å². The lowest BCUT2D eigenvalue weighted by Gasteiger charge is -2.58. The van der Waals surface area contributed by atoms with Crippen molar-refractivity contribution in [3.8, 4) is 23.3 Å². The van der Waals surface area contributed by atoms with Gasteiger partial charge < -0.3 is 52.0 Å². The number of hydrogen-bond donors (Lipinski definition) is 9. The number of benzene rings is 3. The van der Waals surface area contributed by atoms with Crippen LogP contribution in [-0.4, -0.2) is 101 Å². The first kappa shape index (κ1) is 49.2. The zero-order chi connectivity index (χ0) is 48.4. The molecule has 14 atom stereocenters. The van der Waals surface area contributed by atoms with Crippen LogP contribution in [0.3, 0.4) is 0 Å². The van der Waals surface area contributed by atoms with Crippen LogP contribution in [0.2, 0.25) is 0 Å². The third-order valence-corrected chi connectivity index (χ3v) is 17.6. The highest BCUT2D eigenvalue weighted by atomic mass is 16.5. The molecule has 3 aromatic rings. The monoisotopic (exact) mass is 943 g/mol. The zero-order valence-corrected chi connectivity index (χ0v) is 40.4. The van der Waals surface area contributed by atoms with E-state index in [0.717, 1.165) is 59.9 Å². The Balaban J connectivity index is 0.999. The van der Waals surface area contributed by atoms with Crippen molar-refractivity contribution >= 4 is 22.3 Å². The Labute approximate surface area is 407 Å². The Kier molecular flexibility index (Phi) is 15.2. The first-order chi connectivity index (χ1) is 33.4. The number of aliphatic hydroxyl groups is 4. The molecule has 2 heterocycles. The Hall–Kier alpha value is -4.74. The van der Waals surface area contributed by atoms with E-state index in [1.165, 1.54) is 7.11 Å². The summed E-state index contributed by atoms with van der Waals surface area (Å²) in [6.07, 6.45) is 6.51. The van der Waals surface area contributed by atoms with E-state index in [4.69, 9.17) is 10.5 Å². The maximum absolute atomic E-state index is 14.8. The number of nitrogens with two attached hydrogens (primary N) is 1. The van der Waals surface area contributed by atoms with Crippen LogP contribution in [0, 0.1) is 58.7 Å². The number of phenolic OH excluding ortho intramolecular Hbond substituents is 1. The molecule has 1 saturated heterocycles. The summed E-state index contributed by atoms with van der Waals surface area (Å²) in [5.41, 5.74) is 8.27. The number of nitrogens with one attached hydrogen (secondary N) is 3. The Morgan fingerprint density at radius 2 is 1.81 bits per heavy atom. The van der Waals surface area contributed by atoms with Crippen molar-refractivity contribution in [3.05, 3.63) is 94.8 Å². The number of aliphatic hydroxyl groups excluding tert-OH is 4. The summed E-state index contributed by atoms with van der Waals surface area (Å²) in [6.45, 7) is 5.27. The lowest BCUT2D eigenvalue weighted by atomic mass is 9.50. The lowest BCUT2D eigenvalue weighted by Crippen LogP contribution is -2.60. The van der Waals surface area contributed by atoms with Gasteiger partial charge >= 0.3 is 0 Å². The fourth-order valence-corrected chi connectivity index (χ4v) is 14.2. The van der Waals surface area contributed by atoms with E-state index >= 15 is 0 Å². The summed E-state index contributed by atoms with van der Waals surface area (Å²) >= 11 is 0. The highest BCUT2D eigenvalue weighted by molar-refractivity contribution is 5.89. The van der Waals surface area contributed by atoms with E-state index in [-0.39, 0.29) is 72.9 Å². The van der Waals surface area contributed by atoms with E-state index in [1.54, 1.807) is 12.1 Å². The topological polar surface area (TPSA) is 207 Å². The minimum Gasteiger partial charge on any atom is -0.504 e. The molecule has 1 spiro atoms. The minimum atomic E-state index is -1.34. The lowest BCUT2D eigenvalue weighted by molar-refractivity contribution is -0.138. The van der Waals surface area contributed by atoms with Crippen molar-refractivity contribution in [1.29, 1.82) is 0 Å². The van der Waals surface area contributed by atoms with Crippen LogP contribution >= 0.6 is 0 Å². The summed E-state index contributed by atoms with van der Waals surface area (Å²) in [6, 6.07) is 18.0. The second-order valence-corrected chi connectivity index (χ2v) is 21.3. The number of methoxy groups -OCH3 is 1. The molecule has 0 radical (unpaired) electrons. The van der Waals surface area contributed by atoms with Crippen LogP contribution in [0.4, 0.5) is 0 Å². The van der Waals surface area contributed by atoms with Crippen molar-refractivity contribution in [2.75, 3.05) is 39.9 Å². The predicted octanol–water partition coefficient (Wildman–Crippen LogP) is 5.74.